The van der Waals surface area contributed by atoms with E-state index in [9.17, 15) is 4.79 Å². The fourth-order valence-corrected chi connectivity index (χ4v) is 3.25. The molecule has 106 valence electrons. The van der Waals surface area contributed by atoms with Crippen molar-refractivity contribution in [3.8, 4) is 0 Å². The van der Waals surface area contributed by atoms with Crippen LogP contribution in [-0.4, -0.2) is 11.2 Å². The Balaban J connectivity index is 2.37. The Bertz CT molecular complexity index is 754. The first-order valence-electron chi connectivity index (χ1n) is 6.58. The van der Waals surface area contributed by atoms with Crippen LogP contribution in [0, 0.1) is 0 Å². The first-order chi connectivity index (χ1) is 10.1. The number of allylic oxidation sites excluding steroid dienone is 1. The molecule has 1 aliphatic rings. The summed E-state index contributed by atoms with van der Waals surface area (Å²) in [6.07, 6.45) is 2.11. The molecule has 2 aromatic rings. The summed E-state index contributed by atoms with van der Waals surface area (Å²) in [4.78, 5) is 14.0. The Morgan fingerprint density at radius 3 is 2.67 bits per heavy atom. The number of carbonyl (C=O) groups is 1. The van der Waals surface area contributed by atoms with Crippen molar-refractivity contribution in [3.63, 3.8) is 0 Å². The lowest BCUT2D eigenvalue weighted by atomic mass is 10.0. The first kappa shape index (κ1) is 14.4. The van der Waals surface area contributed by atoms with Gasteiger partial charge in [-0.2, -0.15) is 0 Å². The molecule has 0 saturated carbocycles. The van der Waals surface area contributed by atoms with Gasteiger partial charge in [0.2, 0.25) is 5.91 Å². The molecule has 0 unspecified atom stereocenters. The third-order valence-corrected chi connectivity index (χ3v) is 4.35. The number of rotatable bonds is 1. The molecule has 2 aromatic carbocycles. The number of amides is 1. The number of nitrogens with zero attached hydrogens (tertiary/aromatic N) is 1. The van der Waals surface area contributed by atoms with Gasteiger partial charge >= 0.3 is 0 Å². The molecule has 4 heteroatoms. The van der Waals surface area contributed by atoms with E-state index in [1.807, 2.05) is 42.5 Å². The summed E-state index contributed by atoms with van der Waals surface area (Å²) in [7, 11) is 0. The summed E-state index contributed by atoms with van der Waals surface area (Å²) in [5.74, 6) is -0.0322. The van der Waals surface area contributed by atoms with Crippen molar-refractivity contribution >= 4 is 56.5 Å². The Labute approximate surface area is 137 Å². The van der Waals surface area contributed by atoms with Crippen molar-refractivity contribution in [1.29, 1.82) is 0 Å². The number of carbonyl (C=O) groups excluding carboxylic acids is 1. The maximum atomic E-state index is 12.2. The fraction of sp³-hybridized carbons (Fsp3) is 0.118. The molecule has 0 fully saturated rings. The van der Waals surface area contributed by atoms with E-state index in [0.717, 1.165) is 28.1 Å². The van der Waals surface area contributed by atoms with Gasteiger partial charge in [-0.1, -0.05) is 51.8 Å². The summed E-state index contributed by atoms with van der Waals surface area (Å²) in [5.41, 5.74) is 4.87. The molecule has 0 atom stereocenters. The highest BCUT2D eigenvalue weighted by Gasteiger charge is 2.24. The third kappa shape index (κ3) is 2.52. The average Bonchev–Trinajstić information content (AvgIpc) is 2.60. The van der Waals surface area contributed by atoms with Gasteiger partial charge in [-0.25, -0.2) is 0 Å². The smallest absolute Gasteiger partial charge is 0.228 e. The predicted molar refractivity (Wildman–Crippen MR) is 92.4 cm³/mol. The van der Waals surface area contributed by atoms with Crippen molar-refractivity contribution in [2.24, 2.45) is 0 Å². The quantitative estimate of drug-likeness (QED) is 0.633. The topological polar surface area (TPSA) is 20.3 Å². The molecule has 0 radical (unpaired) electrons. The number of hydrogen-bond acceptors (Lipinski definition) is 1. The number of benzene rings is 2. The van der Waals surface area contributed by atoms with Gasteiger partial charge in [-0.05, 0) is 35.4 Å². The van der Waals surface area contributed by atoms with Crippen molar-refractivity contribution in [2.45, 2.75) is 6.92 Å². The highest BCUT2D eigenvalue weighted by molar-refractivity contribution is 9.09. The van der Waals surface area contributed by atoms with E-state index in [-0.39, 0.29) is 5.91 Å². The normalized spacial score (nSPS) is 13.1. The molecule has 0 saturated heterocycles. The number of halogens is 2. The van der Waals surface area contributed by atoms with Crippen LogP contribution in [0.15, 0.2) is 42.5 Å². The van der Waals surface area contributed by atoms with Gasteiger partial charge in [-0.3, -0.25) is 9.69 Å². The maximum absolute atomic E-state index is 12.2. The van der Waals surface area contributed by atoms with Gasteiger partial charge in [0.1, 0.15) is 0 Å². The minimum Gasteiger partial charge on any atom is -0.280 e. The summed E-state index contributed by atoms with van der Waals surface area (Å²) < 4.78 is 0. The molecule has 0 N–H and O–H groups in total. The molecule has 0 aliphatic carbocycles. The minimum absolute atomic E-state index is 0.0322. The fourth-order valence-electron chi connectivity index (χ4n) is 2.62. The lowest BCUT2D eigenvalue weighted by molar-refractivity contribution is -0.115. The molecular formula is C17H13BrClNO. The minimum atomic E-state index is -0.0322. The van der Waals surface area contributed by atoms with E-state index in [1.165, 1.54) is 0 Å². The Morgan fingerprint density at radius 2 is 1.95 bits per heavy atom. The third-order valence-electron chi connectivity index (χ3n) is 3.51. The Morgan fingerprint density at radius 1 is 1.19 bits per heavy atom. The molecule has 0 spiro atoms. The van der Waals surface area contributed by atoms with Crippen molar-refractivity contribution in [3.05, 3.63) is 58.6 Å². The molecule has 21 heavy (non-hydrogen) atoms. The molecular weight excluding hydrogens is 350 g/mol. The molecule has 0 bridgehead atoms. The average molecular weight is 363 g/mol. The van der Waals surface area contributed by atoms with E-state index in [1.54, 1.807) is 11.8 Å². The second-order valence-electron chi connectivity index (χ2n) is 4.88. The number of alkyl halides is 1. The van der Waals surface area contributed by atoms with Crippen LogP contribution in [0.1, 0.15) is 18.1 Å². The van der Waals surface area contributed by atoms with Gasteiger partial charge in [0, 0.05) is 22.8 Å². The second kappa shape index (κ2) is 5.66. The monoisotopic (exact) mass is 361 g/mol. The Kier molecular flexibility index (Phi) is 3.87. The van der Waals surface area contributed by atoms with E-state index in [0.29, 0.717) is 10.4 Å². The van der Waals surface area contributed by atoms with Crippen LogP contribution in [-0.2, 0) is 4.79 Å². The SMILES string of the molecule is CC(=O)N1c2ccccc2C=C(CBr)c2ccc(Cl)cc21. The second-order valence-corrected chi connectivity index (χ2v) is 5.88. The van der Waals surface area contributed by atoms with Crippen molar-refractivity contribution < 1.29 is 4.79 Å². The lowest BCUT2D eigenvalue weighted by Crippen LogP contribution is -2.23. The molecule has 3 rings (SSSR count). The van der Waals surface area contributed by atoms with Crippen LogP contribution in [0.4, 0.5) is 11.4 Å². The number of anilines is 2. The lowest BCUT2D eigenvalue weighted by Gasteiger charge is -2.24. The first-order valence-corrected chi connectivity index (χ1v) is 8.08. The summed E-state index contributed by atoms with van der Waals surface area (Å²) in [6, 6.07) is 13.5. The van der Waals surface area contributed by atoms with E-state index in [4.69, 9.17) is 11.6 Å². The van der Waals surface area contributed by atoms with Crippen LogP contribution in [0.5, 0.6) is 0 Å². The number of para-hydroxylation sites is 1. The number of hydrogen-bond donors (Lipinski definition) is 0. The highest BCUT2D eigenvalue weighted by atomic mass is 79.9. The highest BCUT2D eigenvalue weighted by Crippen LogP contribution is 2.41. The predicted octanol–water partition coefficient (Wildman–Crippen LogP) is 5.27. The molecule has 2 nitrogen and oxygen atoms in total. The molecule has 0 aromatic heterocycles. The van der Waals surface area contributed by atoms with E-state index in [2.05, 4.69) is 22.0 Å². The van der Waals surface area contributed by atoms with E-state index < -0.39 is 0 Å². The zero-order chi connectivity index (χ0) is 15.0. The zero-order valence-electron chi connectivity index (χ0n) is 11.4. The Hall–Kier alpha value is -1.58. The zero-order valence-corrected chi connectivity index (χ0v) is 13.8. The standard InChI is InChI=1S/C17H13BrClNO/c1-11(21)20-16-5-3-2-4-12(16)8-13(10-18)15-7-6-14(19)9-17(15)20/h2-9H,10H2,1H3. The van der Waals surface area contributed by atoms with Crippen molar-refractivity contribution in [2.75, 3.05) is 10.2 Å². The van der Waals surface area contributed by atoms with Gasteiger partial charge in [0.15, 0.2) is 0 Å². The summed E-state index contributed by atoms with van der Waals surface area (Å²) in [5, 5.41) is 1.33. The number of fused-ring (bicyclic) bond motifs is 2. The van der Waals surface area contributed by atoms with Crippen LogP contribution in [0.2, 0.25) is 5.02 Å². The van der Waals surface area contributed by atoms with E-state index >= 15 is 0 Å². The molecule has 1 heterocycles. The largest absolute Gasteiger partial charge is 0.280 e. The van der Waals surface area contributed by atoms with Gasteiger partial charge in [-0.15, -0.1) is 0 Å². The summed E-state index contributed by atoms with van der Waals surface area (Å²) in [6.45, 7) is 1.57. The van der Waals surface area contributed by atoms with Crippen LogP contribution in [0.3, 0.4) is 0 Å². The summed E-state index contributed by atoms with van der Waals surface area (Å²) >= 11 is 9.69. The van der Waals surface area contributed by atoms with Gasteiger partial charge < -0.3 is 0 Å². The molecule has 1 aliphatic heterocycles. The molecule has 1 amide bonds. The van der Waals surface area contributed by atoms with Gasteiger partial charge in [0.05, 0.1) is 11.4 Å². The van der Waals surface area contributed by atoms with Gasteiger partial charge in [0.25, 0.3) is 0 Å². The van der Waals surface area contributed by atoms with Crippen LogP contribution >= 0.6 is 27.5 Å². The van der Waals surface area contributed by atoms with Crippen molar-refractivity contribution in [1.82, 2.24) is 0 Å². The van der Waals surface area contributed by atoms with Crippen LogP contribution < -0.4 is 4.90 Å². The van der Waals surface area contributed by atoms with Crippen LogP contribution in [0.25, 0.3) is 11.6 Å². The maximum Gasteiger partial charge on any atom is 0.228 e.